The molecule has 3 heterocycles. The van der Waals surface area contributed by atoms with Crippen molar-refractivity contribution in [3.63, 3.8) is 0 Å². The number of anilines is 1. The summed E-state index contributed by atoms with van der Waals surface area (Å²) in [4.78, 5) is 21.6. The van der Waals surface area contributed by atoms with Gasteiger partial charge in [-0.25, -0.2) is 9.37 Å². The van der Waals surface area contributed by atoms with Crippen LogP contribution in [0.5, 0.6) is 0 Å². The average Bonchev–Trinajstić information content (AvgIpc) is 3.06. The normalized spacial score (nSPS) is 20.8. The third kappa shape index (κ3) is 2.98. The highest BCUT2D eigenvalue weighted by molar-refractivity contribution is 6.30. The monoisotopic (exact) mass is 339 g/mol. The van der Waals surface area contributed by atoms with Crippen molar-refractivity contribution in [1.82, 2.24) is 20.4 Å². The van der Waals surface area contributed by atoms with Crippen LogP contribution in [0, 0.1) is 12.7 Å². The highest BCUT2D eigenvalue weighted by Gasteiger charge is 2.46. The molecule has 0 bridgehead atoms. The average molecular weight is 340 g/mol. The van der Waals surface area contributed by atoms with E-state index in [-0.39, 0.29) is 23.3 Å². The van der Waals surface area contributed by atoms with E-state index in [9.17, 15) is 9.18 Å². The molecule has 0 radical (unpaired) electrons. The van der Waals surface area contributed by atoms with Crippen molar-refractivity contribution < 1.29 is 13.7 Å². The van der Waals surface area contributed by atoms with Crippen molar-refractivity contribution in [1.29, 1.82) is 0 Å². The molecule has 1 aliphatic rings. The van der Waals surface area contributed by atoms with Crippen LogP contribution in [-0.2, 0) is 10.3 Å². The van der Waals surface area contributed by atoms with Crippen LogP contribution < -0.4 is 10.2 Å². The van der Waals surface area contributed by atoms with Crippen LogP contribution in [0.25, 0.3) is 0 Å². The van der Waals surface area contributed by atoms with E-state index in [2.05, 4.69) is 20.4 Å². The van der Waals surface area contributed by atoms with Crippen molar-refractivity contribution >= 4 is 23.3 Å². The number of amides is 1. The summed E-state index contributed by atoms with van der Waals surface area (Å²) in [6.45, 7) is 3.86. The van der Waals surface area contributed by atoms with E-state index in [4.69, 9.17) is 16.1 Å². The topological polar surface area (TPSA) is 84.2 Å². The third-order valence-corrected chi connectivity index (χ3v) is 3.92. The first-order valence-corrected chi connectivity index (χ1v) is 7.43. The van der Waals surface area contributed by atoms with Crippen LogP contribution in [0.4, 0.5) is 10.2 Å². The van der Waals surface area contributed by atoms with Gasteiger partial charge in [0, 0.05) is 19.7 Å². The molecule has 0 saturated carbocycles. The van der Waals surface area contributed by atoms with Gasteiger partial charge in [0.15, 0.2) is 17.5 Å². The zero-order valence-corrected chi connectivity index (χ0v) is 13.4. The maximum Gasteiger partial charge on any atom is 0.254 e. The minimum absolute atomic E-state index is 0.179. The van der Waals surface area contributed by atoms with E-state index in [1.54, 1.807) is 11.8 Å². The Morgan fingerprint density at radius 3 is 2.96 bits per heavy atom. The predicted molar refractivity (Wildman–Crippen MR) is 80.6 cm³/mol. The summed E-state index contributed by atoms with van der Waals surface area (Å²) in [5, 5.41) is 6.87. The Hall–Kier alpha value is -2.22. The minimum atomic E-state index is -0.860. The summed E-state index contributed by atoms with van der Waals surface area (Å²) < 4.78 is 19.3. The lowest BCUT2D eigenvalue weighted by molar-refractivity contribution is -0.121. The van der Waals surface area contributed by atoms with E-state index < -0.39 is 11.4 Å². The van der Waals surface area contributed by atoms with Crippen molar-refractivity contribution in [2.24, 2.45) is 0 Å². The van der Waals surface area contributed by atoms with Gasteiger partial charge in [-0.3, -0.25) is 4.79 Å². The highest BCUT2D eigenvalue weighted by atomic mass is 35.5. The molecule has 0 aromatic carbocycles. The molecule has 2 aromatic rings. The van der Waals surface area contributed by atoms with E-state index in [0.29, 0.717) is 24.7 Å². The lowest BCUT2D eigenvalue weighted by Gasteiger charge is -2.26. The number of hydrogen-bond donors (Lipinski definition) is 1. The first-order chi connectivity index (χ1) is 10.9. The molecule has 0 spiro atoms. The lowest BCUT2D eigenvalue weighted by Crippen LogP contribution is -2.47. The Balaban J connectivity index is 1.93. The molecule has 7 nitrogen and oxygen atoms in total. The van der Waals surface area contributed by atoms with Crippen molar-refractivity contribution in [3.8, 4) is 0 Å². The Labute approximate surface area is 136 Å². The number of rotatable bonds is 3. The molecule has 23 heavy (non-hydrogen) atoms. The van der Waals surface area contributed by atoms with Crippen LogP contribution in [0.1, 0.15) is 25.1 Å². The third-order valence-electron chi connectivity index (χ3n) is 3.71. The van der Waals surface area contributed by atoms with Crippen molar-refractivity contribution in [2.45, 2.75) is 25.8 Å². The number of hydrogen-bond acceptors (Lipinski definition) is 6. The summed E-state index contributed by atoms with van der Waals surface area (Å²) in [6, 6.07) is 1.21. The van der Waals surface area contributed by atoms with E-state index in [1.807, 2.05) is 0 Å². The van der Waals surface area contributed by atoms with Crippen LogP contribution in [0.3, 0.4) is 0 Å². The molecule has 2 aromatic heterocycles. The van der Waals surface area contributed by atoms with Crippen LogP contribution in [0.2, 0.25) is 5.02 Å². The molecule has 122 valence electrons. The number of halogens is 2. The number of aryl methyl sites for hydroxylation is 1. The number of nitrogens with zero attached hydrogens (tertiary/aromatic N) is 4. The summed E-state index contributed by atoms with van der Waals surface area (Å²) >= 11 is 5.74. The second-order valence-corrected chi connectivity index (χ2v) is 5.98. The Morgan fingerprint density at radius 2 is 2.35 bits per heavy atom. The van der Waals surface area contributed by atoms with Crippen LogP contribution >= 0.6 is 11.6 Å². The fourth-order valence-electron chi connectivity index (χ4n) is 2.79. The van der Waals surface area contributed by atoms with E-state index >= 15 is 0 Å². The molecule has 1 aliphatic heterocycles. The second-order valence-electron chi connectivity index (χ2n) is 5.54. The van der Waals surface area contributed by atoms with Gasteiger partial charge in [-0.05, 0) is 19.4 Å². The first-order valence-electron chi connectivity index (χ1n) is 7.05. The molecule has 1 fully saturated rings. The molecule has 0 aliphatic carbocycles. The Bertz CT molecular complexity index is 753. The maximum absolute atomic E-state index is 14.1. The van der Waals surface area contributed by atoms with Crippen molar-refractivity contribution in [3.05, 3.63) is 34.8 Å². The van der Waals surface area contributed by atoms with Gasteiger partial charge >= 0.3 is 0 Å². The first kappa shape index (κ1) is 15.7. The zero-order valence-electron chi connectivity index (χ0n) is 12.6. The molecule has 9 heteroatoms. The number of aromatic nitrogens is 3. The fraction of sp³-hybridized carbons (Fsp3) is 0.429. The van der Waals surface area contributed by atoms with Gasteiger partial charge in [0.05, 0.1) is 11.6 Å². The molecule has 1 N–H and O–H groups in total. The predicted octanol–water partition coefficient (Wildman–Crippen LogP) is 1.81. The number of pyridine rings is 1. The summed E-state index contributed by atoms with van der Waals surface area (Å²) in [7, 11) is 0. The molecular weight excluding hydrogens is 325 g/mol. The number of carbonyl (C=O) groups excluding carboxylic acids is 1. The molecular formula is C14H15ClFN5O2. The van der Waals surface area contributed by atoms with Gasteiger partial charge in [0.25, 0.3) is 5.89 Å². The number of nitrogens with one attached hydrogen (secondary N) is 1. The van der Waals surface area contributed by atoms with Gasteiger partial charge in [-0.15, -0.1) is 0 Å². The summed E-state index contributed by atoms with van der Waals surface area (Å²) in [5.74, 6) is 0.212. The Morgan fingerprint density at radius 1 is 1.57 bits per heavy atom. The largest absolute Gasteiger partial charge is 0.351 e. The SMILES string of the molecule is CC(=O)NC1(c2nc(C)no2)CCN(c2ncc(Cl)cc2F)C1. The summed E-state index contributed by atoms with van der Waals surface area (Å²) in [6.07, 6.45) is 1.88. The zero-order chi connectivity index (χ0) is 16.6. The quantitative estimate of drug-likeness (QED) is 0.918. The molecule has 1 amide bonds. The fourth-order valence-corrected chi connectivity index (χ4v) is 2.93. The van der Waals surface area contributed by atoms with Gasteiger partial charge in [0.1, 0.15) is 5.54 Å². The van der Waals surface area contributed by atoms with Gasteiger partial charge in [-0.1, -0.05) is 16.8 Å². The standard InChI is InChI=1S/C14H15ClFN5O2/c1-8-18-13(23-20-8)14(19-9(2)22)3-4-21(7-14)12-11(16)5-10(15)6-17-12/h5-6H,3-4,7H2,1-2H3,(H,19,22). The maximum atomic E-state index is 14.1. The van der Waals surface area contributed by atoms with E-state index in [0.717, 1.165) is 0 Å². The molecule has 1 atom stereocenters. The van der Waals surface area contributed by atoms with Gasteiger partial charge in [-0.2, -0.15) is 4.98 Å². The molecule has 1 unspecified atom stereocenters. The van der Waals surface area contributed by atoms with E-state index in [1.165, 1.54) is 19.2 Å². The molecule has 3 rings (SSSR count). The van der Waals surface area contributed by atoms with Gasteiger partial charge in [0.2, 0.25) is 5.91 Å². The van der Waals surface area contributed by atoms with Crippen LogP contribution in [0.15, 0.2) is 16.8 Å². The lowest BCUT2D eigenvalue weighted by atomic mass is 9.98. The second kappa shape index (κ2) is 5.77. The summed E-state index contributed by atoms with van der Waals surface area (Å²) in [5.41, 5.74) is -0.860. The smallest absolute Gasteiger partial charge is 0.254 e. The Kier molecular flexibility index (Phi) is 3.93. The van der Waals surface area contributed by atoms with Gasteiger partial charge < -0.3 is 14.7 Å². The number of carbonyl (C=O) groups is 1. The van der Waals surface area contributed by atoms with Crippen LogP contribution in [-0.4, -0.2) is 34.1 Å². The molecule has 1 saturated heterocycles. The van der Waals surface area contributed by atoms with Crippen molar-refractivity contribution in [2.75, 3.05) is 18.0 Å². The highest BCUT2D eigenvalue weighted by Crippen LogP contribution is 2.34. The minimum Gasteiger partial charge on any atom is -0.351 e.